The number of unbranched alkanes of at least 4 members (excludes halogenated alkanes) is 28. The molecule has 0 aliphatic rings. The van der Waals surface area contributed by atoms with Gasteiger partial charge >= 0.3 is 0 Å². The Kier molecular flexibility index (Phi) is 48.7. The fourth-order valence-electron chi connectivity index (χ4n) is 6.20. The topological polar surface area (TPSA) is 52.0 Å². The van der Waals surface area contributed by atoms with Crippen molar-refractivity contribution in [1.29, 1.82) is 0 Å². The predicted octanol–water partition coefficient (Wildman–Crippen LogP) is 15.5. The smallest absolute Gasteiger partial charge is 0.00773 e. The third-order valence-electron chi connectivity index (χ3n) is 9.26. The zero-order valence-electron chi connectivity index (χ0n) is 33.0. The highest BCUT2D eigenvalue weighted by molar-refractivity contribution is 8.93. The Morgan fingerprint density at radius 3 is 0.522 bits per heavy atom. The first-order valence-corrected chi connectivity index (χ1v) is 20.5. The number of hydrogen-bond acceptors (Lipinski definition) is 2. The van der Waals surface area contributed by atoms with E-state index in [2.05, 4.69) is 41.5 Å². The van der Waals surface area contributed by atoms with Crippen LogP contribution in [0.3, 0.4) is 0 Å². The SMILES string of the molecule is Br.CC(C)(C)CCCCCCCCCCCCCCCCCN.CC(C)(C)CCCCCCCCCCCCCCCCCN.Cl. The summed E-state index contributed by atoms with van der Waals surface area (Å²) in [6, 6.07) is 0. The van der Waals surface area contributed by atoms with Crippen LogP contribution < -0.4 is 11.5 Å². The normalized spacial score (nSPS) is 11.5. The van der Waals surface area contributed by atoms with Crippen LogP contribution in [-0.2, 0) is 0 Å². The Morgan fingerprint density at radius 1 is 0.261 bits per heavy atom. The first kappa shape index (κ1) is 53.5. The third-order valence-corrected chi connectivity index (χ3v) is 9.26. The summed E-state index contributed by atoms with van der Waals surface area (Å²) in [4.78, 5) is 0. The quantitative estimate of drug-likeness (QED) is 0.0675. The zero-order chi connectivity index (χ0) is 33.0. The fraction of sp³-hybridized carbons (Fsp3) is 1.00. The predicted molar refractivity (Wildman–Crippen MR) is 222 cm³/mol. The van der Waals surface area contributed by atoms with Crippen LogP contribution in [0.5, 0.6) is 0 Å². The summed E-state index contributed by atoms with van der Waals surface area (Å²) in [5.41, 5.74) is 12.1. The molecule has 0 rings (SSSR count). The molecule has 0 aliphatic heterocycles. The molecule has 0 spiro atoms. The molecule has 0 aliphatic carbocycles. The van der Waals surface area contributed by atoms with Crippen molar-refractivity contribution >= 4 is 29.4 Å². The number of nitrogens with two attached hydrogens (primary N) is 2. The van der Waals surface area contributed by atoms with Crippen LogP contribution in [0.15, 0.2) is 0 Å². The van der Waals surface area contributed by atoms with Crippen LogP contribution in [0.1, 0.15) is 247 Å². The van der Waals surface area contributed by atoms with Crippen LogP contribution in [0.25, 0.3) is 0 Å². The lowest BCUT2D eigenvalue weighted by Gasteiger charge is -2.17. The van der Waals surface area contributed by atoms with Gasteiger partial charge in [-0.05, 0) is 49.6 Å². The summed E-state index contributed by atoms with van der Waals surface area (Å²) in [5, 5.41) is 0. The van der Waals surface area contributed by atoms with Crippen molar-refractivity contribution in [2.24, 2.45) is 22.3 Å². The molecule has 0 unspecified atom stereocenters. The molecule has 0 radical (unpaired) electrons. The maximum atomic E-state index is 5.50. The Hall–Kier alpha value is 0.690. The molecule has 4 heteroatoms. The fourth-order valence-corrected chi connectivity index (χ4v) is 6.20. The average molecular weight is 741 g/mol. The van der Waals surface area contributed by atoms with Gasteiger partial charge in [0.2, 0.25) is 0 Å². The lowest BCUT2D eigenvalue weighted by Crippen LogP contribution is -2.03. The standard InChI is InChI=1S/2C21H45N.BrH.ClH/c2*1-21(2,3)19-17-15-13-11-9-7-5-4-6-8-10-12-14-16-18-20-22;;/h2*4-20,22H2,1-3H3;2*1H. The Morgan fingerprint density at radius 2 is 0.391 bits per heavy atom. The molecule has 0 saturated heterocycles. The second kappa shape index (κ2) is 41.9. The van der Waals surface area contributed by atoms with Crippen molar-refractivity contribution in [2.45, 2.75) is 247 Å². The van der Waals surface area contributed by atoms with E-state index in [4.69, 9.17) is 11.5 Å². The summed E-state index contributed by atoms with van der Waals surface area (Å²) >= 11 is 0. The molecule has 0 saturated carbocycles. The molecular weight excluding hydrogens is 648 g/mol. The van der Waals surface area contributed by atoms with E-state index in [9.17, 15) is 0 Å². The molecule has 0 bridgehead atoms. The summed E-state index contributed by atoms with van der Waals surface area (Å²) < 4.78 is 0. The van der Waals surface area contributed by atoms with Gasteiger partial charge in [0, 0.05) is 0 Å². The average Bonchev–Trinajstić information content (AvgIpc) is 2.96. The maximum Gasteiger partial charge on any atom is -0.00773 e. The lowest BCUT2D eigenvalue weighted by atomic mass is 9.89. The van der Waals surface area contributed by atoms with E-state index in [1.165, 1.54) is 205 Å². The van der Waals surface area contributed by atoms with Crippen LogP contribution in [0.2, 0.25) is 0 Å². The minimum Gasteiger partial charge on any atom is -0.330 e. The van der Waals surface area contributed by atoms with Gasteiger partial charge in [-0.2, -0.15) is 0 Å². The van der Waals surface area contributed by atoms with Gasteiger partial charge in [-0.1, -0.05) is 221 Å². The largest absolute Gasteiger partial charge is 0.330 e. The Balaban J connectivity index is -0.000000367. The first-order chi connectivity index (χ1) is 21.1. The van der Waals surface area contributed by atoms with Crippen molar-refractivity contribution in [3.05, 3.63) is 0 Å². The number of hydrogen-bond donors (Lipinski definition) is 2. The lowest BCUT2D eigenvalue weighted by molar-refractivity contribution is 0.356. The second-order valence-corrected chi connectivity index (χ2v) is 16.8. The molecule has 284 valence electrons. The van der Waals surface area contributed by atoms with Gasteiger partial charge in [-0.15, -0.1) is 29.4 Å². The molecule has 0 aromatic carbocycles. The van der Waals surface area contributed by atoms with Gasteiger partial charge in [-0.3, -0.25) is 0 Å². The molecule has 0 amide bonds. The van der Waals surface area contributed by atoms with Gasteiger partial charge in [0.15, 0.2) is 0 Å². The molecule has 0 aromatic heterocycles. The van der Waals surface area contributed by atoms with Crippen molar-refractivity contribution in [3.63, 3.8) is 0 Å². The maximum absolute atomic E-state index is 5.50. The second-order valence-electron chi connectivity index (χ2n) is 16.8. The van der Waals surface area contributed by atoms with Crippen LogP contribution in [0, 0.1) is 10.8 Å². The van der Waals surface area contributed by atoms with Crippen molar-refractivity contribution in [1.82, 2.24) is 0 Å². The monoisotopic (exact) mass is 739 g/mol. The summed E-state index contributed by atoms with van der Waals surface area (Å²) in [6.07, 6.45) is 45.6. The minimum atomic E-state index is 0. The molecule has 0 atom stereocenters. The molecule has 0 aromatic rings. The van der Waals surface area contributed by atoms with Crippen molar-refractivity contribution < 1.29 is 0 Å². The van der Waals surface area contributed by atoms with E-state index in [0.717, 1.165) is 13.1 Å². The van der Waals surface area contributed by atoms with Gasteiger partial charge in [-0.25, -0.2) is 0 Å². The Labute approximate surface area is 310 Å². The molecule has 2 nitrogen and oxygen atoms in total. The van der Waals surface area contributed by atoms with Gasteiger partial charge in [0.1, 0.15) is 0 Å². The van der Waals surface area contributed by atoms with Gasteiger partial charge < -0.3 is 11.5 Å². The molecular formula is C42H92BrClN2. The first-order valence-electron chi connectivity index (χ1n) is 20.5. The highest BCUT2D eigenvalue weighted by atomic mass is 79.9. The molecule has 0 fully saturated rings. The van der Waals surface area contributed by atoms with Crippen LogP contribution in [-0.4, -0.2) is 13.1 Å². The van der Waals surface area contributed by atoms with Crippen molar-refractivity contribution in [2.75, 3.05) is 13.1 Å². The molecule has 46 heavy (non-hydrogen) atoms. The van der Waals surface area contributed by atoms with Gasteiger partial charge in [0.05, 0.1) is 0 Å². The van der Waals surface area contributed by atoms with E-state index in [1.807, 2.05) is 0 Å². The van der Waals surface area contributed by atoms with E-state index in [0.29, 0.717) is 10.8 Å². The zero-order valence-corrected chi connectivity index (χ0v) is 35.5. The van der Waals surface area contributed by atoms with Crippen molar-refractivity contribution in [3.8, 4) is 0 Å². The van der Waals surface area contributed by atoms with E-state index in [-0.39, 0.29) is 29.4 Å². The molecule has 4 N–H and O–H groups in total. The van der Waals surface area contributed by atoms with E-state index >= 15 is 0 Å². The van der Waals surface area contributed by atoms with Crippen LogP contribution >= 0.6 is 29.4 Å². The van der Waals surface area contributed by atoms with E-state index in [1.54, 1.807) is 0 Å². The highest BCUT2D eigenvalue weighted by Gasteiger charge is 2.09. The Bertz CT molecular complexity index is 469. The van der Waals surface area contributed by atoms with E-state index < -0.39 is 0 Å². The van der Waals surface area contributed by atoms with Crippen LogP contribution in [0.4, 0.5) is 0 Å². The minimum absolute atomic E-state index is 0. The highest BCUT2D eigenvalue weighted by Crippen LogP contribution is 2.24. The van der Waals surface area contributed by atoms with Gasteiger partial charge in [0.25, 0.3) is 0 Å². The summed E-state index contributed by atoms with van der Waals surface area (Å²) in [6.45, 7) is 15.9. The number of rotatable bonds is 32. The molecule has 0 heterocycles. The summed E-state index contributed by atoms with van der Waals surface area (Å²) in [7, 11) is 0. The third kappa shape index (κ3) is 57.0. The number of halogens is 2. The summed E-state index contributed by atoms with van der Waals surface area (Å²) in [5.74, 6) is 0.